The summed E-state index contributed by atoms with van der Waals surface area (Å²) in [5.74, 6) is 1.37. The van der Waals surface area contributed by atoms with Crippen LogP contribution in [0.25, 0.3) is 0 Å². The summed E-state index contributed by atoms with van der Waals surface area (Å²) in [6.07, 6.45) is 4.85. The van der Waals surface area contributed by atoms with Gasteiger partial charge in [0.1, 0.15) is 4.90 Å². The summed E-state index contributed by atoms with van der Waals surface area (Å²) in [6, 6.07) is 8.72. The molecule has 2 saturated heterocycles. The largest absolute Gasteiger partial charge is 0.355 e. The van der Waals surface area contributed by atoms with Gasteiger partial charge in [-0.1, -0.05) is 12.1 Å². The summed E-state index contributed by atoms with van der Waals surface area (Å²) in [6.45, 7) is 4.01. The lowest BCUT2D eigenvalue weighted by Crippen LogP contribution is -2.52. The molecule has 0 N–H and O–H groups in total. The molecule has 3 aliphatic heterocycles. The highest BCUT2D eigenvalue weighted by Crippen LogP contribution is 2.30. The van der Waals surface area contributed by atoms with Crippen molar-refractivity contribution in [3.63, 3.8) is 0 Å². The van der Waals surface area contributed by atoms with E-state index in [0.29, 0.717) is 56.4 Å². The number of piperidine rings is 1. The maximum atomic E-state index is 13.1. The first kappa shape index (κ1) is 19.9. The normalized spacial score (nSPS) is 21.0. The van der Waals surface area contributed by atoms with Gasteiger partial charge in [0.2, 0.25) is 11.9 Å². The number of fused-ring (bicyclic) bond motifs is 1. The molecule has 31 heavy (non-hydrogen) atoms. The molecule has 0 atom stereocenters. The Morgan fingerprint density at radius 3 is 2.26 bits per heavy atom. The fourth-order valence-corrected chi connectivity index (χ4v) is 5.72. The van der Waals surface area contributed by atoms with Crippen LogP contribution in [0.15, 0.2) is 52.0 Å². The standard InChI is InChI=1S/C21H24N6O3S/c28-20(26-12-14-27(15-13-26)21-22-8-3-9-23-21)16-6-10-25(11-7-16)19-17-4-1-2-5-18(17)31(29,30)24-19/h1-5,8-9,16H,6-7,10-15H2. The lowest BCUT2D eigenvalue weighted by atomic mass is 9.94. The van der Waals surface area contributed by atoms with Gasteiger partial charge in [-0.2, -0.15) is 8.42 Å². The van der Waals surface area contributed by atoms with E-state index in [1.165, 1.54) is 0 Å². The highest BCUT2D eigenvalue weighted by Gasteiger charge is 2.36. The van der Waals surface area contributed by atoms with Gasteiger partial charge >= 0.3 is 0 Å². The molecule has 1 aromatic carbocycles. The van der Waals surface area contributed by atoms with E-state index in [2.05, 4.69) is 19.3 Å². The van der Waals surface area contributed by atoms with Gasteiger partial charge < -0.3 is 14.7 Å². The second-order valence-electron chi connectivity index (χ2n) is 8.01. The number of benzene rings is 1. The molecule has 2 fully saturated rings. The molecule has 4 heterocycles. The second-order valence-corrected chi connectivity index (χ2v) is 9.58. The van der Waals surface area contributed by atoms with E-state index in [1.54, 1.807) is 36.7 Å². The van der Waals surface area contributed by atoms with E-state index in [4.69, 9.17) is 0 Å². The summed E-state index contributed by atoms with van der Waals surface area (Å²) in [4.78, 5) is 27.9. The van der Waals surface area contributed by atoms with Crippen LogP contribution in [-0.4, -0.2) is 79.2 Å². The molecule has 0 saturated carbocycles. The quantitative estimate of drug-likeness (QED) is 0.687. The van der Waals surface area contributed by atoms with Crippen LogP contribution in [0.4, 0.5) is 5.95 Å². The summed E-state index contributed by atoms with van der Waals surface area (Å²) < 4.78 is 28.7. The molecule has 1 aromatic heterocycles. The average Bonchev–Trinajstić information content (AvgIpc) is 3.10. The number of carbonyl (C=O) groups excluding carboxylic acids is 1. The van der Waals surface area contributed by atoms with Crippen molar-refractivity contribution in [2.75, 3.05) is 44.2 Å². The minimum Gasteiger partial charge on any atom is -0.355 e. The van der Waals surface area contributed by atoms with Crippen LogP contribution in [0.2, 0.25) is 0 Å². The van der Waals surface area contributed by atoms with Crippen LogP contribution < -0.4 is 4.90 Å². The number of piperazine rings is 1. The second kappa shape index (κ2) is 7.92. The molecule has 2 aromatic rings. The zero-order valence-corrected chi connectivity index (χ0v) is 17.9. The van der Waals surface area contributed by atoms with Gasteiger partial charge in [-0.05, 0) is 31.0 Å². The third-order valence-electron chi connectivity index (χ3n) is 6.18. The van der Waals surface area contributed by atoms with Crippen LogP contribution in [-0.2, 0) is 14.8 Å². The molecule has 0 aliphatic carbocycles. The van der Waals surface area contributed by atoms with Crippen molar-refractivity contribution < 1.29 is 13.2 Å². The van der Waals surface area contributed by atoms with Crippen molar-refractivity contribution >= 4 is 27.7 Å². The maximum absolute atomic E-state index is 13.1. The fourth-order valence-electron chi connectivity index (χ4n) is 4.49. The Bertz CT molecular complexity index is 1100. The minimum absolute atomic E-state index is 0.0374. The number of sulfonamides is 1. The molecule has 0 radical (unpaired) electrons. The van der Waals surface area contributed by atoms with E-state index in [0.717, 1.165) is 13.1 Å². The highest BCUT2D eigenvalue weighted by atomic mass is 32.2. The first-order valence-electron chi connectivity index (χ1n) is 10.5. The van der Waals surface area contributed by atoms with Crippen molar-refractivity contribution in [1.82, 2.24) is 19.8 Å². The molecular formula is C21H24N6O3S. The smallest absolute Gasteiger partial charge is 0.285 e. The Balaban J connectivity index is 1.19. The van der Waals surface area contributed by atoms with Crippen molar-refractivity contribution in [3.05, 3.63) is 48.3 Å². The molecule has 0 unspecified atom stereocenters. The Hall–Kier alpha value is -3.01. The third-order valence-corrected chi connectivity index (χ3v) is 7.51. The molecule has 3 aliphatic rings. The van der Waals surface area contributed by atoms with Crippen molar-refractivity contribution in [2.45, 2.75) is 17.7 Å². The van der Waals surface area contributed by atoms with Gasteiger partial charge in [0.05, 0.1) is 0 Å². The minimum atomic E-state index is -3.62. The van der Waals surface area contributed by atoms with E-state index in [1.807, 2.05) is 15.9 Å². The van der Waals surface area contributed by atoms with Gasteiger partial charge in [-0.15, -0.1) is 4.40 Å². The van der Waals surface area contributed by atoms with Gasteiger partial charge in [0, 0.05) is 63.1 Å². The number of anilines is 1. The number of nitrogens with zero attached hydrogens (tertiary/aromatic N) is 6. The van der Waals surface area contributed by atoms with Crippen LogP contribution in [0.3, 0.4) is 0 Å². The van der Waals surface area contributed by atoms with Crippen LogP contribution in [0.1, 0.15) is 18.4 Å². The number of amidine groups is 1. The lowest BCUT2D eigenvalue weighted by Gasteiger charge is -2.38. The van der Waals surface area contributed by atoms with Crippen molar-refractivity contribution in [2.24, 2.45) is 10.3 Å². The molecule has 162 valence electrons. The van der Waals surface area contributed by atoms with Gasteiger partial charge in [0.25, 0.3) is 10.0 Å². The van der Waals surface area contributed by atoms with E-state index >= 15 is 0 Å². The van der Waals surface area contributed by atoms with Crippen molar-refractivity contribution in [1.29, 1.82) is 0 Å². The Kier molecular flexibility index (Phi) is 5.09. The van der Waals surface area contributed by atoms with Gasteiger partial charge in [-0.3, -0.25) is 4.79 Å². The van der Waals surface area contributed by atoms with Crippen molar-refractivity contribution in [3.8, 4) is 0 Å². The van der Waals surface area contributed by atoms with Crippen LogP contribution >= 0.6 is 0 Å². The van der Waals surface area contributed by atoms with Crippen LogP contribution in [0.5, 0.6) is 0 Å². The molecule has 0 bridgehead atoms. The zero-order chi connectivity index (χ0) is 21.4. The number of hydrogen-bond donors (Lipinski definition) is 0. The maximum Gasteiger partial charge on any atom is 0.285 e. The monoisotopic (exact) mass is 440 g/mol. The fraction of sp³-hybridized carbons (Fsp3) is 0.429. The first-order valence-corrected chi connectivity index (χ1v) is 12.0. The summed E-state index contributed by atoms with van der Waals surface area (Å²) in [5, 5.41) is 0. The molecule has 10 heteroatoms. The molecule has 0 spiro atoms. The topological polar surface area (TPSA) is 99.1 Å². The number of aromatic nitrogens is 2. The summed E-state index contributed by atoms with van der Waals surface area (Å²) in [5.41, 5.74) is 0.659. The van der Waals surface area contributed by atoms with Gasteiger partial charge in [0.15, 0.2) is 5.84 Å². The zero-order valence-electron chi connectivity index (χ0n) is 17.1. The number of rotatable bonds is 2. The summed E-state index contributed by atoms with van der Waals surface area (Å²) >= 11 is 0. The van der Waals surface area contributed by atoms with E-state index in [-0.39, 0.29) is 16.7 Å². The number of amides is 1. The number of likely N-dealkylation sites (tertiary alicyclic amines) is 1. The first-order chi connectivity index (χ1) is 15.0. The predicted molar refractivity (Wildman–Crippen MR) is 115 cm³/mol. The van der Waals surface area contributed by atoms with E-state index in [9.17, 15) is 13.2 Å². The molecular weight excluding hydrogens is 416 g/mol. The summed E-state index contributed by atoms with van der Waals surface area (Å²) in [7, 11) is -3.62. The van der Waals surface area contributed by atoms with Gasteiger partial charge in [-0.25, -0.2) is 9.97 Å². The van der Waals surface area contributed by atoms with Crippen LogP contribution in [0, 0.1) is 5.92 Å². The SMILES string of the molecule is O=C(C1CCN(C2=NS(=O)(=O)c3ccccc32)CC1)N1CCN(c2ncccn2)CC1. The Morgan fingerprint density at radius 2 is 1.55 bits per heavy atom. The lowest BCUT2D eigenvalue weighted by molar-refractivity contribution is -0.137. The molecule has 5 rings (SSSR count). The Labute approximate surface area is 181 Å². The number of hydrogen-bond acceptors (Lipinski definition) is 7. The Morgan fingerprint density at radius 1 is 0.871 bits per heavy atom. The molecule has 1 amide bonds. The highest BCUT2D eigenvalue weighted by molar-refractivity contribution is 7.90. The number of carbonyl (C=O) groups is 1. The average molecular weight is 441 g/mol. The van der Waals surface area contributed by atoms with E-state index < -0.39 is 10.0 Å². The third kappa shape index (κ3) is 3.76. The predicted octanol–water partition coefficient (Wildman–Crippen LogP) is 0.986. The molecule has 9 nitrogen and oxygen atoms in total.